The van der Waals surface area contributed by atoms with E-state index < -0.39 is 10.0 Å². The van der Waals surface area contributed by atoms with Gasteiger partial charge < -0.3 is 4.90 Å². The summed E-state index contributed by atoms with van der Waals surface area (Å²) in [6.07, 6.45) is 4.29. The van der Waals surface area contributed by atoms with E-state index in [0.717, 1.165) is 23.9 Å². The van der Waals surface area contributed by atoms with Crippen molar-refractivity contribution in [1.82, 2.24) is 9.62 Å². The molecule has 2 heterocycles. The average molecular weight is 359 g/mol. The molecule has 2 saturated heterocycles. The normalized spacial score (nSPS) is 27.4. The minimum atomic E-state index is -3.41. The van der Waals surface area contributed by atoms with Crippen LogP contribution in [-0.2, 0) is 10.0 Å². The van der Waals surface area contributed by atoms with E-state index in [2.05, 4.69) is 25.6 Å². The third-order valence-corrected chi connectivity index (χ3v) is 6.26. The van der Waals surface area contributed by atoms with Crippen LogP contribution < -0.4 is 4.72 Å². The van der Waals surface area contributed by atoms with E-state index in [1.54, 1.807) is 18.2 Å². The van der Waals surface area contributed by atoms with Gasteiger partial charge in [0.2, 0.25) is 10.0 Å². The smallest absolute Gasteiger partial charge is 0.240 e. The lowest BCUT2D eigenvalue weighted by molar-refractivity contribution is 0.176. The Labute approximate surface area is 128 Å². The molecule has 4 nitrogen and oxygen atoms in total. The molecule has 2 aliphatic heterocycles. The molecule has 0 aliphatic carbocycles. The van der Waals surface area contributed by atoms with Gasteiger partial charge in [0.15, 0.2) is 0 Å². The summed E-state index contributed by atoms with van der Waals surface area (Å²) in [5.74, 6) is 0. The summed E-state index contributed by atoms with van der Waals surface area (Å²) in [4.78, 5) is 2.82. The van der Waals surface area contributed by atoms with Crippen molar-refractivity contribution in [2.45, 2.75) is 42.7 Å². The van der Waals surface area contributed by atoms with Crippen LogP contribution in [-0.4, -0.2) is 38.5 Å². The molecule has 0 aromatic heterocycles. The molecular weight excluding hydrogens is 340 g/mol. The fraction of sp³-hybridized carbons (Fsp3) is 0.571. The first-order chi connectivity index (χ1) is 9.54. The number of piperidine rings is 1. The zero-order valence-corrected chi connectivity index (χ0v) is 13.7. The zero-order chi connectivity index (χ0) is 14.2. The van der Waals surface area contributed by atoms with Crippen molar-refractivity contribution >= 4 is 26.0 Å². The van der Waals surface area contributed by atoms with Crippen molar-refractivity contribution in [2.75, 3.05) is 13.1 Å². The van der Waals surface area contributed by atoms with Gasteiger partial charge in [-0.15, -0.1) is 0 Å². The minimum absolute atomic E-state index is 0.0679. The molecule has 6 heteroatoms. The Bertz CT molecular complexity index is 591. The fourth-order valence-electron chi connectivity index (χ4n) is 3.25. The van der Waals surface area contributed by atoms with Crippen LogP contribution >= 0.6 is 15.9 Å². The lowest BCUT2D eigenvalue weighted by Crippen LogP contribution is -2.47. The first-order valence-electron chi connectivity index (χ1n) is 7.06. The first kappa shape index (κ1) is 14.5. The van der Waals surface area contributed by atoms with E-state index >= 15 is 0 Å². The number of benzene rings is 1. The summed E-state index contributed by atoms with van der Waals surface area (Å²) >= 11 is 3.32. The van der Waals surface area contributed by atoms with Gasteiger partial charge in [0.25, 0.3) is 0 Å². The largest absolute Gasteiger partial charge is 0.300 e. The number of fused-ring (bicyclic) bond motifs is 1. The van der Waals surface area contributed by atoms with Crippen LogP contribution in [0.5, 0.6) is 0 Å². The summed E-state index contributed by atoms with van der Waals surface area (Å²) in [6, 6.07) is 7.50. The minimum Gasteiger partial charge on any atom is -0.300 e. The van der Waals surface area contributed by atoms with Crippen LogP contribution in [0.2, 0.25) is 0 Å². The van der Waals surface area contributed by atoms with E-state index in [4.69, 9.17) is 0 Å². The van der Waals surface area contributed by atoms with Crippen molar-refractivity contribution in [1.29, 1.82) is 0 Å². The van der Waals surface area contributed by atoms with Crippen LogP contribution in [0.15, 0.2) is 33.6 Å². The average Bonchev–Trinajstić information content (AvgIpc) is 2.85. The second-order valence-corrected chi connectivity index (χ2v) is 8.26. The topological polar surface area (TPSA) is 49.4 Å². The highest BCUT2D eigenvalue weighted by Crippen LogP contribution is 2.27. The Morgan fingerprint density at radius 2 is 2.10 bits per heavy atom. The molecule has 0 radical (unpaired) electrons. The molecule has 1 aromatic carbocycles. The SMILES string of the molecule is O=S(=O)(NC1CCN2CCCC2C1)c1cccc(Br)c1. The van der Waals surface area contributed by atoms with Gasteiger partial charge in [-0.25, -0.2) is 13.1 Å². The predicted octanol–water partition coefficient (Wildman–Crippen LogP) is 2.35. The molecule has 2 unspecified atom stereocenters. The highest BCUT2D eigenvalue weighted by atomic mass is 79.9. The van der Waals surface area contributed by atoms with Gasteiger partial charge >= 0.3 is 0 Å². The molecule has 20 heavy (non-hydrogen) atoms. The van der Waals surface area contributed by atoms with Gasteiger partial charge in [-0.2, -0.15) is 0 Å². The Morgan fingerprint density at radius 1 is 1.25 bits per heavy atom. The van der Waals surface area contributed by atoms with Crippen molar-refractivity contribution < 1.29 is 8.42 Å². The predicted molar refractivity (Wildman–Crippen MR) is 82.1 cm³/mol. The highest BCUT2D eigenvalue weighted by molar-refractivity contribution is 9.10. The molecule has 1 aromatic rings. The molecule has 1 N–H and O–H groups in total. The number of hydrogen-bond acceptors (Lipinski definition) is 3. The Kier molecular flexibility index (Phi) is 4.17. The Balaban J connectivity index is 1.70. The maximum atomic E-state index is 12.4. The zero-order valence-electron chi connectivity index (χ0n) is 11.3. The molecule has 2 aliphatic rings. The maximum absolute atomic E-state index is 12.4. The second-order valence-electron chi connectivity index (χ2n) is 5.63. The van der Waals surface area contributed by atoms with E-state index in [0.29, 0.717) is 10.9 Å². The number of nitrogens with one attached hydrogen (secondary N) is 1. The highest BCUT2D eigenvalue weighted by Gasteiger charge is 2.33. The Morgan fingerprint density at radius 3 is 2.90 bits per heavy atom. The van der Waals surface area contributed by atoms with Gasteiger partial charge in [0.1, 0.15) is 0 Å². The van der Waals surface area contributed by atoms with Crippen molar-refractivity contribution in [3.05, 3.63) is 28.7 Å². The Hall–Kier alpha value is -0.430. The van der Waals surface area contributed by atoms with Gasteiger partial charge in [-0.1, -0.05) is 22.0 Å². The second kappa shape index (κ2) is 5.75. The molecule has 110 valence electrons. The van der Waals surface area contributed by atoms with Crippen molar-refractivity contribution in [3.8, 4) is 0 Å². The third-order valence-electron chi connectivity index (χ3n) is 4.25. The third kappa shape index (κ3) is 3.08. The van der Waals surface area contributed by atoms with E-state index in [9.17, 15) is 8.42 Å². The van der Waals surface area contributed by atoms with Gasteiger partial charge in [-0.05, 0) is 57.0 Å². The van der Waals surface area contributed by atoms with Gasteiger partial charge in [-0.3, -0.25) is 0 Å². The fourth-order valence-corrected chi connectivity index (χ4v) is 5.13. The summed E-state index contributed by atoms with van der Waals surface area (Å²) in [5, 5.41) is 0. The molecular formula is C14H19BrN2O2S. The molecule has 0 amide bonds. The van der Waals surface area contributed by atoms with Crippen LogP contribution in [0.3, 0.4) is 0 Å². The summed E-state index contributed by atoms with van der Waals surface area (Å²) in [6.45, 7) is 2.19. The molecule has 0 spiro atoms. The molecule has 2 fully saturated rings. The maximum Gasteiger partial charge on any atom is 0.240 e. The summed E-state index contributed by atoms with van der Waals surface area (Å²) in [5.41, 5.74) is 0. The molecule has 2 atom stereocenters. The standard InChI is InChI=1S/C14H19BrN2O2S/c15-11-3-1-5-14(9-11)20(18,19)16-12-6-8-17-7-2-4-13(17)10-12/h1,3,5,9,12-13,16H,2,4,6-8,10H2. The van der Waals surface area contributed by atoms with Gasteiger partial charge in [0.05, 0.1) is 4.90 Å². The van der Waals surface area contributed by atoms with Crippen molar-refractivity contribution in [3.63, 3.8) is 0 Å². The lowest BCUT2D eigenvalue weighted by atomic mass is 9.99. The van der Waals surface area contributed by atoms with Crippen LogP contribution in [0, 0.1) is 0 Å². The summed E-state index contributed by atoms with van der Waals surface area (Å²) < 4.78 is 28.5. The number of hydrogen-bond donors (Lipinski definition) is 1. The molecule has 0 bridgehead atoms. The van der Waals surface area contributed by atoms with Crippen LogP contribution in [0.1, 0.15) is 25.7 Å². The number of nitrogens with zero attached hydrogens (tertiary/aromatic N) is 1. The van der Waals surface area contributed by atoms with Gasteiger partial charge in [0, 0.05) is 16.6 Å². The quantitative estimate of drug-likeness (QED) is 0.902. The lowest BCUT2D eigenvalue weighted by Gasteiger charge is -2.34. The molecule has 3 rings (SSSR count). The number of rotatable bonds is 3. The first-order valence-corrected chi connectivity index (χ1v) is 9.34. The number of sulfonamides is 1. The van der Waals surface area contributed by atoms with E-state index in [1.807, 2.05) is 6.07 Å². The molecule has 0 saturated carbocycles. The van der Waals surface area contributed by atoms with Crippen LogP contribution in [0.25, 0.3) is 0 Å². The summed E-state index contributed by atoms with van der Waals surface area (Å²) in [7, 11) is -3.41. The number of halogens is 1. The monoisotopic (exact) mass is 358 g/mol. The van der Waals surface area contributed by atoms with Crippen LogP contribution in [0.4, 0.5) is 0 Å². The van der Waals surface area contributed by atoms with E-state index in [-0.39, 0.29) is 6.04 Å². The van der Waals surface area contributed by atoms with E-state index in [1.165, 1.54) is 19.4 Å². The van der Waals surface area contributed by atoms with Crippen molar-refractivity contribution in [2.24, 2.45) is 0 Å².